The van der Waals surface area contributed by atoms with Crippen molar-refractivity contribution in [3.8, 4) is 22.6 Å². The highest BCUT2D eigenvalue weighted by molar-refractivity contribution is 5.78. The second-order valence-electron chi connectivity index (χ2n) is 8.91. The third-order valence-corrected chi connectivity index (χ3v) is 6.78. The minimum atomic E-state index is -0.265. The Morgan fingerprint density at radius 2 is 1.87 bits per heavy atom. The molecule has 3 heterocycles. The van der Waals surface area contributed by atoms with Crippen LogP contribution in [-0.4, -0.2) is 47.9 Å². The summed E-state index contributed by atoms with van der Waals surface area (Å²) in [4.78, 5) is 4.66. The fourth-order valence-electron chi connectivity index (χ4n) is 4.74. The van der Waals surface area contributed by atoms with E-state index < -0.39 is 0 Å². The predicted molar refractivity (Wildman–Crippen MR) is 121 cm³/mol. The van der Waals surface area contributed by atoms with E-state index in [0.717, 1.165) is 49.2 Å². The number of likely N-dealkylation sites (N-methyl/N-ethyl adjacent to an activating group) is 1. The van der Waals surface area contributed by atoms with Crippen LogP contribution in [0, 0.1) is 5.82 Å². The molecule has 3 aromatic rings. The van der Waals surface area contributed by atoms with Gasteiger partial charge in [-0.05, 0) is 76.2 Å². The molecule has 0 aliphatic carbocycles. The second kappa shape index (κ2) is 8.00. The number of aromatic nitrogens is 2. The minimum absolute atomic E-state index is 0.265. The summed E-state index contributed by atoms with van der Waals surface area (Å²) in [7, 11) is 4.29. The maximum absolute atomic E-state index is 13.4. The zero-order valence-corrected chi connectivity index (χ0v) is 18.4. The third kappa shape index (κ3) is 3.81. The fourth-order valence-corrected chi connectivity index (χ4v) is 4.74. The van der Waals surface area contributed by atoms with Crippen LogP contribution in [-0.2, 0) is 6.42 Å². The van der Waals surface area contributed by atoms with Gasteiger partial charge in [-0.3, -0.25) is 4.68 Å². The molecular weight excluding hydrogens is 391 g/mol. The third-order valence-electron chi connectivity index (χ3n) is 6.78. The molecule has 2 aliphatic rings. The van der Waals surface area contributed by atoms with Crippen molar-refractivity contribution in [2.24, 2.45) is 0 Å². The molecule has 162 valence electrons. The number of halogens is 1. The van der Waals surface area contributed by atoms with Crippen molar-refractivity contribution >= 4 is 5.69 Å². The first kappa shape index (κ1) is 20.1. The lowest BCUT2D eigenvalue weighted by Crippen LogP contribution is -2.33. The van der Waals surface area contributed by atoms with E-state index >= 15 is 0 Å². The van der Waals surface area contributed by atoms with E-state index in [1.807, 2.05) is 6.20 Å². The topological polar surface area (TPSA) is 33.5 Å². The lowest BCUT2D eigenvalue weighted by Gasteiger charge is -2.35. The molecule has 2 unspecified atom stereocenters. The number of nitrogens with zero attached hydrogens (tertiary/aromatic N) is 4. The molecule has 0 saturated carbocycles. The normalized spacial score (nSPS) is 21.4. The summed E-state index contributed by atoms with van der Waals surface area (Å²) in [5.74, 6) is 1.23. The molecular formula is C25H29FN4O. The van der Waals surface area contributed by atoms with Gasteiger partial charge in [-0.1, -0.05) is 0 Å². The Hall–Kier alpha value is -2.86. The molecule has 2 atom stereocenters. The van der Waals surface area contributed by atoms with Gasteiger partial charge in [0.25, 0.3) is 0 Å². The van der Waals surface area contributed by atoms with Gasteiger partial charge >= 0.3 is 0 Å². The van der Waals surface area contributed by atoms with Crippen molar-refractivity contribution in [3.05, 3.63) is 60.2 Å². The van der Waals surface area contributed by atoms with E-state index in [1.54, 1.807) is 12.1 Å². The zero-order chi connectivity index (χ0) is 21.5. The van der Waals surface area contributed by atoms with E-state index in [1.165, 1.54) is 23.4 Å². The van der Waals surface area contributed by atoms with E-state index in [4.69, 9.17) is 4.74 Å². The average Bonchev–Trinajstić information content (AvgIpc) is 3.42. The number of anilines is 1. The molecule has 1 saturated heterocycles. The highest BCUT2D eigenvalue weighted by atomic mass is 19.1. The van der Waals surface area contributed by atoms with Gasteiger partial charge in [0.05, 0.1) is 12.2 Å². The van der Waals surface area contributed by atoms with Crippen molar-refractivity contribution in [3.63, 3.8) is 0 Å². The molecule has 1 fully saturated rings. The van der Waals surface area contributed by atoms with Gasteiger partial charge < -0.3 is 14.5 Å². The van der Waals surface area contributed by atoms with Crippen LogP contribution in [0.15, 0.2) is 48.8 Å². The van der Waals surface area contributed by atoms with Crippen LogP contribution < -0.4 is 9.64 Å². The van der Waals surface area contributed by atoms with E-state index in [2.05, 4.69) is 58.9 Å². The Morgan fingerprint density at radius 3 is 2.61 bits per heavy atom. The highest BCUT2D eigenvalue weighted by Gasteiger charge is 2.27. The van der Waals surface area contributed by atoms with Crippen LogP contribution in [0.5, 0.6) is 11.5 Å². The van der Waals surface area contributed by atoms with Gasteiger partial charge in [0.2, 0.25) is 0 Å². The summed E-state index contributed by atoms with van der Waals surface area (Å²) in [5.41, 5.74) is 4.49. The molecule has 1 aromatic heterocycles. The smallest absolute Gasteiger partial charge is 0.140 e. The first-order valence-corrected chi connectivity index (χ1v) is 11.0. The van der Waals surface area contributed by atoms with Crippen molar-refractivity contribution < 1.29 is 9.13 Å². The predicted octanol–water partition coefficient (Wildman–Crippen LogP) is 5.13. The average molecular weight is 421 g/mol. The fraction of sp³-hybridized carbons (Fsp3) is 0.400. The number of likely N-dealkylation sites (tertiary alicyclic amines) is 1. The number of benzene rings is 2. The van der Waals surface area contributed by atoms with E-state index in [9.17, 15) is 4.39 Å². The van der Waals surface area contributed by atoms with Crippen molar-refractivity contribution in [1.82, 2.24) is 14.7 Å². The summed E-state index contributed by atoms with van der Waals surface area (Å²) in [6.07, 6.45) is 7.21. The molecule has 0 bridgehead atoms. The second-order valence-corrected chi connectivity index (χ2v) is 8.91. The molecule has 0 radical (unpaired) electrons. The maximum Gasteiger partial charge on any atom is 0.140 e. The molecule has 6 heteroatoms. The van der Waals surface area contributed by atoms with Crippen molar-refractivity contribution in [2.75, 3.05) is 32.1 Å². The lowest BCUT2D eigenvalue weighted by atomic mass is 9.93. The monoisotopic (exact) mass is 420 g/mol. The van der Waals surface area contributed by atoms with Crippen LogP contribution in [0.25, 0.3) is 11.1 Å². The largest absolute Gasteiger partial charge is 0.456 e. The van der Waals surface area contributed by atoms with Crippen LogP contribution >= 0.6 is 0 Å². The Balaban J connectivity index is 1.57. The lowest BCUT2D eigenvalue weighted by molar-refractivity contribution is 0.382. The maximum atomic E-state index is 13.4. The summed E-state index contributed by atoms with van der Waals surface area (Å²) < 4.78 is 21.9. The number of fused-ring (bicyclic) bond motifs is 1. The Labute approximate surface area is 183 Å². The van der Waals surface area contributed by atoms with Crippen LogP contribution in [0.1, 0.15) is 31.4 Å². The summed E-state index contributed by atoms with van der Waals surface area (Å²) in [6.45, 7) is 4.37. The van der Waals surface area contributed by atoms with Crippen molar-refractivity contribution in [1.29, 1.82) is 0 Å². The van der Waals surface area contributed by atoms with Gasteiger partial charge in [0.15, 0.2) is 0 Å². The van der Waals surface area contributed by atoms with Gasteiger partial charge in [-0.25, -0.2) is 4.39 Å². The molecule has 0 amide bonds. The van der Waals surface area contributed by atoms with Gasteiger partial charge in [0, 0.05) is 48.2 Å². The highest BCUT2D eigenvalue weighted by Crippen LogP contribution is 2.44. The number of rotatable bonds is 4. The van der Waals surface area contributed by atoms with Gasteiger partial charge in [-0.15, -0.1) is 0 Å². The van der Waals surface area contributed by atoms with E-state index in [-0.39, 0.29) is 5.82 Å². The molecule has 5 rings (SSSR count). The Morgan fingerprint density at radius 1 is 1.06 bits per heavy atom. The van der Waals surface area contributed by atoms with E-state index in [0.29, 0.717) is 17.8 Å². The number of hydrogen-bond acceptors (Lipinski definition) is 4. The molecule has 5 nitrogen and oxygen atoms in total. The molecule has 2 aliphatic heterocycles. The zero-order valence-electron chi connectivity index (χ0n) is 18.4. The quantitative estimate of drug-likeness (QED) is 0.586. The number of hydrogen-bond donors (Lipinski definition) is 0. The summed E-state index contributed by atoms with van der Waals surface area (Å²) in [5, 5.41) is 4.68. The van der Waals surface area contributed by atoms with Crippen molar-refractivity contribution in [2.45, 2.75) is 38.3 Å². The first-order valence-electron chi connectivity index (χ1n) is 11.0. The van der Waals surface area contributed by atoms with Crippen LogP contribution in [0.3, 0.4) is 0 Å². The minimum Gasteiger partial charge on any atom is -0.456 e. The first-order chi connectivity index (χ1) is 15.0. The van der Waals surface area contributed by atoms with Crippen LogP contribution in [0.2, 0.25) is 0 Å². The molecule has 0 spiro atoms. The van der Waals surface area contributed by atoms with Gasteiger partial charge in [0.1, 0.15) is 17.3 Å². The molecule has 0 N–H and O–H groups in total. The standard InChI is InChI=1S/C25H29FN4O/c1-17-4-9-23-24(29(17)3)11-10-22(25(23)31-21-7-5-19(26)6-8-21)18-14-27-30(15-18)20-12-13-28(2)16-20/h5-8,10-11,14-15,17,20H,4,9,12-13,16H2,1-3H3. The summed E-state index contributed by atoms with van der Waals surface area (Å²) >= 11 is 0. The Kier molecular flexibility index (Phi) is 5.18. The van der Waals surface area contributed by atoms with Gasteiger partial charge in [-0.2, -0.15) is 5.10 Å². The Bertz CT molecular complexity index is 1080. The number of ether oxygens (including phenoxy) is 1. The SMILES string of the molecule is CC1CCc2c(ccc(-c3cnn(C4CCN(C)C4)c3)c2Oc2ccc(F)cc2)N1C. The van der Waals surface area contributed by atoms with Crippen LogP contribution in [0.4, 0.5) is 10.1 Å². The summed E-state index contributed by atoms with van der Waals surface area (Å²) in [6, 6.07) is 11.5. The molecule has 2 aromatic carbocycles. The molecule has 31 heavy (non-hydrogen) atoms.